The lowest BCUT2D eigenvalue weighted by Gasteiger charge is -2.38. The molecule has 35 heavy (non-hydrogen) atoms. The Bertz CT molecular complexity index is 1400. The minimum Gasteiger partial charge on any atom is -0.461 e. The van der Waals surface area contributed by atoms with E-state index in [-0.39, 0.29) is 23.2 Å². The average molecular weight is 467 g/mol. The molecule has 6 heteroatoms. The van der Waals surface area contributed by atoms with E-state index in [1.807, 2.05) is 86.5 Å². The highest BCUT2D eigenvalue weighted by Gasteiger charge is 2.71. The molecule has 6 nitrogen and oxygen atoms in total. The van der Waals surface area contributed by atoms with Gasteiger partial charge in [-0.15, -0.1) is 0 Å². The minimum absolute atomic E-state index is 0.0921. The lowest BCUT2D eigenvalue weighted by atomic mass is 9.62. The van der Waals surface area contributed by atoms with Gasteiger partial charge in [0.05, 0.1) is 18.2 Å². The zero-order chi connectivity index (χ0) is 24.5. The van der Waals surface area contributed by atoms with Crippen molar-refractivity contribution in [3.63, 3.8) is 0 Å². The first-order chi connectivity index (χ1) is 16.8. The van der Waals surface area contributed by atoms with Crippen LogP contribution >= 0.6 is 0 Å². The van der Waals surface area contributed by atoms with Crippen LogP contribution in [0.3, 0.4) is 0 Å². The number of hydrogen-bond acceptors (Lipinski definition) is 5. The van der Waals surface area contributed by atoms with Gasteiger partial charge in [0.25, 0.3) is 0 Å². The van der Waals surface area contributed by atoms with Gasteiger partial charge >= 0.3 is 0 Å². The van der Waals surface area contributed by atoms with Gasteiger partial charge in [0, 0.05) is 17.3 Å². The van der Waals surface area contributed by atoms with Crippen molar-refractivity contribution in [2.75, 3.05) is 5.32 Å². The maximum absolute atomic E-state index is 14.2. The molecular weight excluding hydrogens is 440 g/mol. The van der Waals surface area contributed by atoms with Gasteiger partial charge in [-0.2, -0.15) is 0 Å². The van der Waals surface area contributed by atoms with Gasteiger partial charge < -0.3 is 14.6 Å². The van der Waals surface area contributed by atoms with Gasteiger partial charge in [-0.3, -0.25) is 14.4 Å². The first-order valence-corrected chi connectivity index (χ1v) is 11.8. The molecule has 1 fully saturated rings. The quantitative estimate of drug-likeness (QED) is 0.550. The molecule has 6 rings (SSSR count). The summed E-state index contributed by atoms with van der Waals surface area (Å²) in [7, 11) is 0. The Morgan fingerprint density at radius 1 is 1.00 bits per heavy atom. The molecule has 3 aromatic rings. The lowest BCUT2D eigenvalue weighted by molar-refractivity contribution is -0.131. The molecule has 1 saturated heterocycles. The number of para-hydroxylation sites is 1. The highest BCUT2D eigenvalue weighted by molar-refractivity contribution is 6.15. The molecule has 176 valence electrons. The third-order valence-corrected chi connectivity index (χ3v) is 7.62. The Kier molecular flexibility index (Phi) is 4.49. The number of anilines is 1. The van der Waals surface area contributed by atoms with Crippen LogP contribution in [-0.4, -0.2) is 28.4 Å². The predicted molar refractivity (Wildman–Crippen MR) is 132 cm³/mol. The van der Waals surface area contributed by atoms with Crippen molar-refractivity contribution in [2.45, 2.75) is 38.3 Å². The Morgan fingerprint density at radius 2 is 1.74 bits per heavy atom. The third-order valence-electron chi connectivity index (χ3n) is 7.62. The van der Waals surface area contributed by atoms with Crippen molar-refractivity contribution in [3.8, 4) is 0 Å². The average Bonchev–Trinajstić information content (AvgIpc) is 3.55. The summed E-state index contributed by atoms with van der Waals surface area (Å²) in [6.07, 6.45) is 5.29. The molecule has 1 N–H and O–H groups in total. The number of rotatable bonds is 3. The summed E-state index contributed by atoms with van der Waals surface area (Å²) in [5.41, 5.74) is 1.25. The number of ketones is 2. The Balaban J connectivity index is 1.70. The topological polar surface area (TPSA) is 79.6 Å². The van der Waals surface area contributed by atoms with Gasteiger partial charge in [-0.1, -0.05) is 63.2 Å². The Hall–Kier alpha value is -3.93. The van der Waals surface area contributed by atoms with E-state index >= 15 is 0 Å². The van der Waals surface area contributed by atoms with E-state index in [0.29, 0.717) is 5.69 Å². The predicted octanol–water partition coefficient (Wildman–Crippen LogP) is 4.99. The van der Waals surface area contributed by atoms with Gasteiger partial charge in [-0.05, 0) is 41.0 Å². The standard InChI is InChI=1S/C29H26N2O4/c1-28(2,3)26(33)23-22(24(32)21-13-8-16-35-21)29(19-11-6-7-12-20(19)30-27(29)34)25-18-10-5-4-9-17(18)14-15-31(23)25/h4-16,22-23,25H,1-3H3,(H,30,34)/t22-,23-,25+,29+/m0/s1. The van der Waals surface area contributed by atoms with E-state index in [1.165, 1.54) is 6.26 Å². The highest BCUT2D eigenvalue weighted by Crippen LogP contribution is 2.62. The molecule has 0 unspecified atom stereocenters. The number of carbonyl (C=O) groups is 3. The van der Waals surface area contributed by atoms with Crippen molar-refractivity contribution in [1.82, 2.24) is 4.90 Å². The van der Waals surface area contributed by atoms with Crippen molar-refractivity contribution in [1.29, 1.82) is 0 Å². The van der Waals surface area contributed by atoms with Crippen LogP contribution in [0.15, 0.2) is 77.5 Å². The number of hydrogen-bond donors (Lipinski definition) is 1. The second-order valence-corrected chi connectivity index (χ2v) is 10.5. The molecule has 0 saturated carbocycles. The van der Waals surface area contributed by atoms with E-state index in [0.717, 1.165) is 16.7 Å². The van der Waals surface area contributed by atoms with Gasteiger partial charge in [0.15, 0.2) is 11.5 Å². The fourth-order valence-electron chi connectivity index (χ4n) is 6.18. The minimum atomic E-state index is -1.31. The molecule has 4 heterocycles. The maximum atomic E-state index is 14.2. The fraction of sp³-hybridized carbons (Fsp3) is 0.276. The second kappa shape index (κ2) is 7.28. The fourth-order valence-corrected chi connectivity index (χ4v) is 6.18. The summed E-state index contributed by atoms with van der Waals surface area (Å²) in [5.74, 6) is -1.54. The number of amides is 1. The smallest absolute Gasteiger partial charge is 0.238 e. The number of fused-ring (bicyclic) bond motifs is 6. The maximum Gasteiger partial charge on any atom is 0.238 e. The molecular formula is C29H26N2O4. The monoisotopic (exact) mass is 466 g/mol. The zero-order valence-corrected chi connectivity index (χ0v) is 19.8. The third kappa shape index (κ3) is 2.80. The Labute approximate surface area is 203 Å². The van der Waals surface area contributed by atoms with Crippen LogP contribution in [0.5, 0.6) is 0 Å². The number of benzene rings is 2. The van der Waals surface area contributed by atoms with E-state index < -0.39 is 28.8 Å². The molecule has 2 aromatic carbocycles. The van der Waals surface area contributed by atoms with Crippen LogP contribution in [0.2, 0.25) is 0 Å². The number of nitrogens with one attached hydrogen (secondary N) is 1. The van der Waals surface area contributed by atoms with E-state index in [4.69, 9.17) is 4.42 Å². The number of Topliss-reactive ketones (excluding diaryl/α,β-unsaturated/α-hetero) is 2. The van der Waals surface area contributed by atoms with E-state index in [9.17, 15) is 14.4 Å². The SMILES string of the molecule is CC(C)(C)C(=O)[C@@H]1[C@@H](C(=O)c2ccco2)[C@@]2(C(=O)Nc3ccccc32)[C@H]2c3ccccc3C=CN12. The summed E-state index contributed by atoms with van der Waals surface area (Å²) in [5, 5.41) is 3.04. The Morgan fingerprint density at radius 3 is 2.49 bits per heavy atom. The number of nitrogens with zero attached hydrogens (tertiary/aromatic N) is 1. The number of furan rings is 1. The van der Waals surface area contributed by atoms with E-state index in [1.54, 1.807) is 12.1 Å². The van der Waals surface area contributed by atoms with Gasteiger partial charge in [0.1, 0.15) is 11.5 Å². The van der Waals surface area contributed by atoms with Gasteiger partial charge in [0.2, 0.25) is 11.7 Å². The summed E-state index contributed by atoms with van der Waals surface area (Å²) in [6.45, 7) is 5.57. The molecule has 0 radical (unpaired) electrons. The van der Waals surface area contributed by atoms with Crippen molar-refractivity contribution in [2.24, 2.45) is 11.3 Å². The first-order valence-electron chi connectivity index (χ1n) is 11.8. The number of carbonyl (C=O) groups excluding carboxylic acids is 3. The summed E-state index contributed by atoms with van der Waals surface area (Å²) in [6, 6.07) is 17.2. The lowest BCUT2D eigenvalue weighted by Crippen LogP contribution is -2.50. The van der Waals surface area contributed by atoms with E-state index in [2.05, 4.69) is 5.32 Å². The van der Waals surface area contributed by atoms with Gasteiger partial charge in [-0.25, -0.2) is 0 Å². The van der Waals surface area contributed by atoms with Crippen molar-refractivity contribution in [3.05, 3.63) is 95.6 Å². The summed E-state index contributed by atoms with van der Waals surface area (Å²) >= 11 is 0. The molecule has 1 spiro atoms. The first kappa shape index (κ1) is 21.6. The van der Waals surface area contributed by atoms with Crippen molar-refractivity contribution >= 4 is 29.2 Å². The van der Waals surface area contributed by atoms with Crippen LogP contribution in [0, 0.1) is 11.3 Å². The van der Waals surface area contributed by atoms with Crippen molar-refractivity contribution < 1.29 is 18.8 Å². The van der Waals surface area contributed by atoms with Crippen LogP contribution in [0.25, 0.3) is 6.08 Å². The zero-order valence-electron chi connectivity index (χ0n) is 19.8. The molecule has 0 bridgehead atoms. The summed E-state index contributed by atoms with van der Waals surface area (Å²) < 4.78 is 5.54. The molecule has 1 aromatic heterocycles. The molecule has 3 aliphatic rings. The van der Waals surface area contributed by atoms with Crippen LogP contribution in [0.4, 0.5) is 5.69 Å². The normalized spacial score (nSPS) is 26.3. The largest absolute Gasteiger partial charge is 0.461 e. The highest BCUT2D eigenvalue weighted by atomic mass is 16.3. The van der Waals surface area contributed by atoms with Crippen LogP contribution in [-0.2, 0) is 15.0 Å². The molecule has 4 atom stereocenters. The summed E-state index contributed by atoms with van der Waals surface area (Å²) in [4.78, 5) is 44.4. The van der Waals surface area contributed by atoms with Crippen LogP contribution < -0.4 is 5.32 Å². The van der Waals surface area contributed by atoms with Crippen LogP contribution in [0.1, 0.15) is 54.1 Å². The molecule has 1 amide bonds. The molecule has 0 aliphatic carbocycles. The molecule has 3 aliphatic heterocycles. The second-order valence-electron chi connectivity index (χ2n) is 10.5.